The monoisotopic (exact) mass is 236 g/mol. The van der Waals surface area contributed by atoms with Crippen molar-refractivity contribution in [2.24, 2.45) is 0 Å². The summed E-state index contributed by atoms with van der Waals surface area (Å²) < 4.78 is 1.92. The van der Waals surface area contributed by atoms with E-state index in [1.807, 2.05) is 4.42 Å². The van der Waals surface area contributed by atoms with Crippen LogP contribution in [0.2, 0.25) is 0 Å². The molecular weight excluding hydrogens is 220 g/mol. The molecule has 3 heteroatoms. The Morgan fingerprint density at radius 3 is 2.62 bits per heavy atom. The molecule has 16 heavy (non-hydrogen) atoms. The summed E-state index contributed by atoms with van der Waals surface area (Å²) in [5.41, 5.74) is 3.30. The van der Waals surface area contributed by atoms with E-state index in [0.29, 0.717) is 5.41 Å². The number of anilines is 1. The number of rotatable bonds is 0. The summed E-state index contributed by atoms with van der Waals surface area (Å²) in [6.45, 7) is 3.16. The number of piperidine rings is 1. The molecule has 3 rings (SSSR count). The van der Waals surface area contributed by atoms with Gasteiger partial charge in [0.25, 0.3) is 0 Å². The molecule has 1 aromatic carbocycles. The van der Waals surface area contributed by atoms with Gasteiger partial charge in [-0.3, -0.25) is 0 Å². The molecule has 86 valence electrons. The molecule has 0 aromatic heterocycles. The smallest absolute Gasteiger partial charge is 0.0402 e. The average Bonchev–Trinajstić information content (AvgIpc) is 2.58. The van der Waals surface area contributed by atoms with Crippen LogP contribution in [0.3, 0.4) is 0 Å². The fraction of sp³-hybridized carbons (Fsp3) is 0.538. The Labute approximate surface area is 102 Å². The Morgan fingerprint density at radius 1 is 1.19 bits per heavy atom. The van der Waals surface area contributed by atoms with Gasteiger partial charge < -0.3 is 4.90 Å². The molecule has 0 aliphatic carbocycles. The Hall–Kier alpha value is -0.730. The van der Waals surface area contributed by atoms with Gasteiger partial charge in [0.15, 0.2) is 0 Å². The Bertz CT molecular complexity index is 397. The minimum absolute atomic E-state index is 0.358. The van der Waals surface area contributed by atoms with E-state index in [1.165, 1.54) is 24.1 Å². The fourth-order valence-electron chi connectivity index (χ4n) is 3.21. The van der Waals surface area contributed by atoms with Crippen LogP contribution in [0.15, 0.2) is 24.3 Å². The van der Waals surface area contributed by atoms with Crippen LogP contribution in [0.25, 0.3) is 0 Å². The minimum atomic E-state index is 0.358. The molecule has 1 fully saturated rings. The van der Waals surface area contributed by atoms with Crippen molar-refractivity contribution in [1.29, 1.82) is 0 Å². The molecule has 2 aliphatic heterocycles. The lowest BCUT2D eigenvalue weighted by molar-refractivity contribution is 0.252. The van der Waals surface area contributed by atoms with E-state index in [-0.39, 0.29) is 0 Å². The average molecular weight is 237 g/mol. The van der Waals surface area contributed by atoms with Crippen LogP contribution in [0.1, 0.15) is 18.4 Å². The lowest BCUT2D eigenvalue weighted by atomic mass is 9.75. The highest BCUT2D eigenvalue weighted by Gasteiger charge is 2.43. The molecule has 0 bridgehead atoms. The highest BCUT2D eigenvalue weighted by atomic mass is 35.5. The number of halogens is 1. The number of likely N-dealkylation sites (N-methyl/N-ethyl adjacent to an activating group) is 1. The first-order chi connectivity index (χ1) is 7.71. The molecule has 0 unspecified atom stereocenters. The molecule has 0 N–H and O–H groups in total. The number of hydrogen-bond acceptors (Lipinski definition) is 2. The van der Waals surface area contributed by atoms with Gasteiger partial charge >= 0.3 is 0 Å². The molecule has 0 saturated carbocycles. The highest BCUT2D eigenvalue weighted by Crippen LogP contribution is 2.46. The second kappa shape index (κ2) is 3.64. The lowest BCUT2D eigenvalue weighted by Crippen LogP contribution is -2.41. The number of nitrogens with zero attached hydrogens (tertiary/aromatic N) is 2. The molecule has 0 radical (unpaired) electrons. The molecule has 2 aliphatic rings. The summed E-state index contributed by atoms with van der Waals surface area (Å²) in [7, 11) is 2.20. The zero-order chi connectivity index (χ0) is 11.2. The molecule has 2 heterocycles. The van der Waals surface area contributed by atoms with Gasteiger partial charge in [-0.2, -0.15) is 0 Å². The van der Waals surface area contributed by atoms with Gasteiger partial charge in [0.05, 0.1) is 0 Å². The number of hydrogen-bond donors (Lipinski definition) is 0. The van der Waals surface area contributed by atoms with Gasteiger partial charge in [0.2, 0.25) is 0 Å². The third-order valence-corrected chi connectivity index (χ3v) is 4.43. The van der Waals surface area contributed by atoms with Crippen molar-refractivity contribution in [3.8, 4) is 0 Å². The van der Waals surface area contributed by atoms with Crippen LogP contribution in [0, 0.1) is 0 Å². The number of benzene rings is 1. The summed E-state index contributed by atoms with van der Waals surface area (Å²) >= 11 is 6.06. The Kier molecular flexibility index (Phi) is 2.37. The minimum Gasteiger partial charge on any atom is -0.373 e. The van der Waals surface area contributed by atoms with Crippen LogP contribution in [-0.4, -0.2) is 31.1 Å². The maximum absolute atomic E-state index is 6.06. The second-order valence-corrected chi connectivity index (χ2v) is 5.54. The number of fused-ring (bicyclic) bond motifs is 2. The predicted octanol–water partition coefficient (Wildman–Crippen LogP) is 2.62. The summed E-state index contributed by atoms with van der Waals surface area (Å²) in [6, 6.07) is 8.82. The first-order valence-corrected chi connectivity index (χ1v) is 6.26. The summed E-state index contributed by atoms with van der Waals surface area (Å²) in [4.78, 5) is 2.39. The summed E-state index contributed by atoms with van der Waals surface area (Å²) in [5.74, 6) is 0. The highest BCUT2D eigenvalue weighted by molar-refractivity contribution is 6.13. The summed E-state index contributed by atoms with van der Waals surface area (Å²) in [5, 5.41) is 0. The second-order valence-electron chi connectivity index (χ2n) is 5.06. The fourth-order valence-corrected chi connectivity index (χ4v) is 3.38. The quantitative estimate of drug-likeness (QED) is 0.639. The normalized spacial score (nSPS) is 23.8. The van der Waals surface area contributed by atoms with E-state index < -0.39 is 0 Å². The van der Waals surface area contributed by atoms with Crippen molar-refractivity contribution in [3.63, 3.8) is 0 Å². The van der Waals surface area contributed by atoms with Crippen molar-refractivity contribution >= 4 is 17.5 Å². The van der Waals surface area contributed by atoms with Gasteiger partial charge in [-0.25, -0.2) is 4.42 Å². The van der Waals surface area contributed by atoms with E-state index in [1.54, 1.807) is 0 Å². The Balaban J connectivity index is 1.99. The van der Waals surface area contributed by atoms with Crippen LogP contribution in [0.4, 0.5) is 5.69 Å². The topological polar surface area (TPSA) is 6.48 Å². The van der Waals surface area contributed by atoms with Gasteiger partial charge in [0, 0.05) is 37.8 Å². The van der Waals surface area contributed by atoms with E-state index in [2.05, 4.69) is 36.2 Å². The van der Waals surface area contributed by atoms with Crippen molar-refractivity contribution < 1.29 is 0 Å². The summed E-state index contributed by atoms with van der Waals surface area (Å²) in [6.07, 6.45) is 2.36. The first-order valence-electron chi connectivity index (χ1n) is 5.93. The molecular formula is C13H17ClN2. The molecule has 2 nitrogen and oxygen atoms in total. The van der Waals surface area contributed by atoms with Crippen molar-refractivity contribution in [2.75, 3.05) is 31.6 Å². The maximum Gasteiger partial charge on any atom is 0.0402 e. The van der Waals surface area contributed by atoms with Crippen molar-refractivity contribution in [2.45, 2.75) is 18.3 Å². The van der Waals surface area contributed by atoms with E-state index >= 15 is 0 Å². The van der Waals surface area contributed by atoms with Gasteiger partial charge in [0.1, 0.15) is 0 Å². The number of para-hydroxylation sites is 1. The predicted molar refractivity (Wildman–Crippen MR) is 68.1 cm³/mol. The molecule has 1 saturated heterocycles. The maximum atomic E-state index is 6.06. The van der Waals surface area contributed by atoms with Crippen LogP contribution < -0.4 is 4.90 Å². The lowest BCUT2D eigenvalue weighted by Gasteiger charge is -2.37. The van der Waals surface area contributed by atoms with Gasteiger partial charge in [-0.1, -0.05) is 18.2 Å². The first kappa shape index (κ1) is 10.4. The van der Waals surface area contributed by atoms with E-state index in [4.69, 9.17) is 11.8 Å². The van der Waals surface area contributed by atoms with E-state index in [0.717, 1.165) is 19.6 Å². The third-order valence-electron chi connectivity index (χ3n) is 4.09. The Morgan fingerprint density at radius 2 is 1.88 bits per heavy atom. The van der Waals surface area contributed by atoms with E-state index in [9.17, 15) is 0 Å². The largest absolute Gasteiger partial charge is 0.373 e. The van der Waals surface area contributed by atoms with Crippen molar-refractivity contribution in [3.05, 3.63) is 29.8 Å². The van der Waals surface area contributed by atoms with Crippen LogP contribution >= 0.6 is 11.8 Å². The third kappa shape index (κ3) is 1.44. The SMILES string of the molecule is CN1CC2(CCN(Cl)CC2)c2ccccc21. The zero-order valence-corrected chi connectivity index (χ0v) is 10.4. The molecule has 1 aromatic rings. The van der Waals surface area contributed by atoms with Gasteiger partial charge in [-0.05, 0) is 36.2 Å². The molecule has 0 atom stereocenters. The van der Waals surface area contributed by atoms with Crippen molar-refractivity contribution in [1.82, 2.24) is 4.42 Å². The van der Waals surface area contributed by atoms with Crippen LogP contribution in [0.5, 0.6) is 0 Å². The zero-order valence-electron chi connectivity index (χ0n) is 9.62. The van der Waals surface area contributed by atoms with Crippen LogP contribution in [-0.2, 0) is 5.41 Å². The van der Waals surface area contributed by atoms with Gasteiger partial charge in [-0.15, -0.1) is 0 Å². The standard InChI is InChI=1S/C13H17ClN2/c1-15-10-13(6-8-16(14)9-7-13)11-4-2-3-5-12(11)15/h2-5H,6-10H2,1H3. The molecule has 1 spiro atoms. The molecule has 0 amide bonds.